The summed E-state index contributed by atoms with van der Waals surface area (Å²) < 4.78 is 40.9. The lowest BCUT2D eigenvalue weighted by molar-refractivity contribution is 0.169. The molecule has 4 nitrogen and oxygen atoms in total. The van der Waals surface area contributed by atoms with Crippen LogP contribution < -0.4 is 10.4 Å². The first-order valence-corrected chi connectivity index (χ1v) is 14.9. The van der Waals surface area contributed by atoms with E-state index < -0.39 is 18.4 Å². The zero-order chi connectivity index (χ0) is 25.2. The molecule has 3 aromatic carbocycles. The maximum Gasteiger partial charge on any atom is 0.294 e. The summed E-state index contributed by atoms with van der Waals surface area (Å²) in [5.41, 5.74) is 1.19. The fourth-order valence-electron chi connectivity index (χ4n) is 4.73. The van der Waals surface area contributed by atoms with E-state index in [-0.39, 0.29) is 15.3 Å². The minimum Gasteiger partial charge on any atom is -0.407 e. The van der Waals surface area contributed by atoms with Gasteiger partial charge in [0.2, 0.25) is 0 Å². The van der Waals surface area contributed by atoms with Crippen molar-refractivity contribution >= 4 is 28.8 Å². The van der Waals surface area contributed by atoms with E-state index in [1.54, 1.807) is 6.07 Å². The molecule has 0 aliphatic heterocycles. The quantitative estimate of drug-likeness (QED) is 0.336. The molecule has 0 bridgehead atoms. The van der Waals surface area contributed by atoms with Crippen molar-refractivity contribution in [3.63, 3.8) is 0 Å². The molecule has 0 saturated heterocycles. The van der Waals surface area contributed by atoms with Gasteiger partial charge in [-0.15, -0.1) is 0 Å². The smallest absolute Gasteiger partial charge is 0.294 e. The van der Waals surface area contributed by atoms with E-state index in [1.165, 1.54) is 16.4 Å². The molecule has 0 atom stereocenters. The molecule has 3 rings (SSSR count). The number of rotatable bonds is 8. The highest BCUT2D eigenvalue weighted by molar-refractivity contribution is 7.85. The van der Waals surface area contributed by atoms with Crippen molar-refractivity contribution in [1.82, 2.24) is 0 Å². The van der Waals surface area contributed by atoms with Gasteiger partial charge >= 0.3 is 0 Å². The molecule has 0 aliphatic carbocycles. The number of aryl methyl sites for hydroxylation is 1. The Kier molecular flexibility index (Phi) is 7.58. The Morgan fingerprint density at radius 1 is 0.824 bits per heavy atom. The van der Waals surface area contributed by atoms with Crippen molar-refractivity contribution in [1.29, 1.82) is 0 Å². The maximum atomic E-state index is 12.0. The van der Waals surface area contributed by atoms with Crippen LogP contribution in [-0.2, 0) is 21.0 Å². The number of hydrogen-bond donors (Lipinski definition) is 1. The van der Waals surface area contributed by atoms with Gasteiger partial charge in [0.25, 0.3) is 18.4 Å². The van der Waals surface area contributed by atoms with E-state index >= 15 is 0 Å². The Balaban J connectivity index is 2.03. The molecule has 0 saturated carbocycles. The zero-order valence-electron chi connectivity index (χ0n) is 21.0. The second-order valence-corrected chi connectivity index (χ2v) is 16.6. The first-order chi connectivity index (χ1) is 15.8. The molecule has 6 heteroatoms. The summed E-state index contributed by atoms with van der Waals surface area (Å²) in [5, 5.41) is 2.27. The summed E-state index contributed by atoms with van der Waals surface area (Å²) in [4.78, 5) is -0.0309. The Labute approximate surface area is 205 Å². The molecule has 0 spiro atoms. The largest absolute Gasteiger partial charge is 0.407 e. The third kappa shape index (κ3) is 5.69. The van der Waals surface area contributed by atoms with E-state index in [4.69, 9.17) is 4.43 Å². The zero-order valence-corrected chi connectivity index (χ0v) is 22.8. The Hall–Kier alpha value is -2.25. The monoisotopic (exact) mass is 496 g/mol. The van der Waals surface area contributed by atoms with E-state index in [9.17, 15) is 13.0 Å². The molecule has 3 aromatic rings. The molecular formula is C28H36O4SSi. The van der Waals surface area contributed by atoms with Crippen LogP contribution in [0.25, 0.3) is 0 Å². The van der Waals surface area contributed by atoms with Crippen LogP contribution in [0.1, 0.15) is 45.7 Å². The second-order valence-electron chi connectivity index (χ2n) is 10.9. The van der Waals surface area contributed by atoms with Gasteiger partial charge in [-0.25, -0.2) is 0 Å². The molecule has 0 radical (unpaired) electrons. The van der Waals surface area contributed by atoms with Crippen LogP contribution >= 0.6 is 0 Å². The maximum absolute atomic E-state index is 12.0. The van der Waals surface area contributed by atoms with E-state index in [0.717, 1.165) is 5.56 Å². The summed E-state index contributed by atoms with van der Waals surface area (Å²) >= 11 is 0. The highest BCUT2D eigenvalue weighted by Crippen LogP contribution is 2.38. The lowest BCUT2D eigenvalue weighted by atomic mass is 9.86. The molecular weight excluding hydrogens is 460 g/mol. The first-order valence-electron chi connectivity index (χ1n) is 11.6. The Bertz CT molecular complexity index is 1170. The standard InChI is InChI=1S/C28H36O4SSi/c1-22-17-18-26(33(29,30)31)23(19-22)20-28(5,6)21-32-34(27(2,3)4,24-13-9-7-10-14-24)25-15-11-8-12-16-25/h7-19H,20-21H2,1-6H3,(H,29,30,31). The van der Waals surface area contributed by atoms with Crippen molar-refractivity contribution in [3.8, 4) is 0 Å². The predicted molar refractivity (Wildman–Crippen MR) is 142 cm³/mol. The van der Waals surface area contributed by atoms with Gasteiger partial charge < -0.3 is 4.43 Å². The topological polar surface area (TPSA) is 63.6 Å². The van der Waals surface area contributed by atoms with Crippen LogP contribution in [0.5, 0.6) is 0 Å². The SMILES string of the molecule is Cc1ccc(S(=O)(=O)O)c(CC(C)(C)CO[Si](c2ccccc2)(c2ccccc2)C(C)(C)C)c1. The average molecular weight is 497 g/mol. The fourth-order valence-corrected chi connectivity index (χ4v) is 10.2. The first kappa shape index (κ1) is 26.4. The number of benzene rings is 3. The second kappa shape index (κ2) is 9.78. The van der Waals surface area contributed by atoms with Gasteiger partial charge in [0.15, 0.2) is 0 Å². The Morgan fingerprint density at radius 2 is 1.32 bits per heavy atom. The highest BCUT2D eigenvalue weighted by atomic mass is 32.2. The van der Waals surface area contributed by atoms with Crippen LogP contribution in [0.4, 0.5) is 0 Å². The van der Waals surface area contributed by atoms with Gasteiger partial charge in [0, 0.05) is 6.61 Å². The van der Waals surface area contributed by atoms with Crippen molar-refractivity contribution in [3.05, 3.63) is 90.0 Å². The minimum absolute atomic E-state index is 0.0309. The lowest BCUT2D eigenvalue weighted by Crippen LogP contribution is -2.67. The van der Waals surface area contributed by atoms with Gasteiger partial charge in [-0.2, -0.15) is 8.42 Å². The summed E-state index contributed by atoms with van der Waals surface area (Å²) in [7, 11) is -7.01. The summed E-state index contributed by atoms with van der Waals surface area (Å²) in [6.07, 6.45) is 0.460. The summed E-state index contributed by atoms with van der Waals surface area (Å²) in [6.45, 7) is 13.2. The molecule has 182 valence electrons. The van der Waals surface area contributed by atoms with Gasteiger partial charge in [-0.1, -0.05) is 113 Å². The number of hydrogen-bond acceptors (Lipinski definition) is 3. The fraction of sp³-hybridized carbons (Fsp3) is 0.357. The summed E-state index contributed by atoms with van der Waals surface area (Å²) in [6, 6.07) is 26.0. The van der Waals surface area contributed by atoms with Gasteiger partial charge in [-0.3, -0.25) is 4.55 Å². The molecule has 0 fully saturated rings. The molecule has 34 heavy (non-hydrogen) atoms. The molecule has 0 amide bonds. The van der Waals surface area contributed by atoms with Crippen LogP contribution in [0.2, 0.25) is 5.04 Å². The van der Waals surface area contributed by atoms with Gasteiger partial charge in [0.1, 0.15) is 0 Å². The third-order valence-electron chi connectivity index (χ3n) is 6.26. The lowest BCUT2D eigenvalue weighted by Gasteiger charge is -2.44. The van der Waals surface area contributed by atoms with Crippen molar-refractivity contribution in [2.45, 2.75) is 57.9 Å². The third-order valence-corrected chi connectivity index (χ3v) is 12.2. The highest BCUT2D eigenvalue weighted by Gasteiger charge is 2.50. The average Bonchev–Trinajstić information content (AvgIpc) is 2.73. The summed E-state index contributed by atoms with van der Waals surface area (Å²) in [5.74, 6) is 0. The molecule has 0 unspecified atom stereocenters. The Morgan fingerprint density at radius 3 is 1.76 bits per heavy atom. The van der Waals surface area contributed by atoms with Crippen molar-refractivity contribution < 1.29 is 17.4 Å². The minimum atomic E-state index is -4.31. The van der Waals surface area contributed by atoms with Crippen LogP contribution in [0.15, 0.2) is 83.8 Å². The van der Waals surface area contributed by atoms with E-state index in [1.807, 2.05) is 25.1 Å². The predicted octanol–water partition coefficient (Wildman–Crippen LogP) is 5.39. The molecule has 0 aromatic heterocycles. The molecule has 0 aliphatic rings. The van der Waals surface area contributed by atoms with Crippen LogP contribution in [-0.4, -0.2) is 27.9 Å². The molecule has 1 N–H and O–H groups in total. The van der Waals surface area contributed by atoms with Gasteiger partial charge in [-0.05, 0) is 45.8 Å². The van der Waals surface area contributed by atoms with E-state index in [2.05, 4.69) is 83.1 Å². The normalized spacial score (nSPS) is 13.1. The molecule has 0 heterocycles. The van der Waals surface area contributed by atoms with Crippen molar-refractivity contribution in [2.24, 2.45) is 5.41 Å². The van der Waals surface area contributed by atoms with E-state index in [0.29, 0.717) is 18.6 Å². The van der Waals surface area contributed by atoms with Gasteiger partial charge in [0.05, 0.1) is 4.90 Å². The van der Waals surface area contributed by atoms with Crippen LogP contribution in [0.3, 0.4) is 0 Å². The van der Waals surface area contributed by atoms with Crippen LogP contribution in [0, 0.1) is 12.3 Å². The van der Waals surface area contributed by atoms with Crippen molar-refractivity contribution in [2.75, 3.05) is 6.61 Å².